The number of rotatable bonds is 7. The highest BCUT2D eigenvalue weighted by Gasteiger charge is 2.15. The second-order valence-electron chi connectivity index (χ2n) is 7.81. The molecule has 0 saturated heterocycles. The van der Waals surface area contributed by atoms with E-state index in [0.717, 1.165) is 41.7 Å². The molecule has 0 aliphatic heterocycles. The molecule has 0 atom stereocenters. The standard InChI is InChI=1S/C23H29N3O/c1-17(2)15-26-16-21(20-7-5-6-8-22(20)26)23(27)24-19-11-9-18(10-12-19)13-14-25(3)4/h5-12,16-17H,13-15H2,1-4H3,(H,24,27). The van der Waals surface area contributed by atoms with E-state index < -0.39 is 0 Å². The Morgan fingerprint density at radius 3 is 2.44 bits per heavy atom. The van der Waals surface area contributed by atoms with Crippen molar-refractivity contribution in [3.8, 4) is 0 Å². The van der Waals surface area contributed by atoms with Crippen molar-refractivity contribution in [2.24, 2.45) is 5.92 Å². The smallest absolute Gasteiger partial charge is 0.257 e. The molecule has 27 heavy (non-hydrogen) atoms. The van der Waals surface area contributed by atoms with Crippen molar-refractivity contribution in [3.63, 3.8) is 0 Å². The van der Waals surface area contributed by atoms with Gasteiger partial charge < -0.3 is 14.8 Å². The van der Waals surface area contributed by atoms with Crippen LogP contribution in [-0.4, -0.2) is 36.0 Å². The first-order valence-corrected chi connectivity index (χ1v) is 9.57. The first-order valence-electron chi connectivity index (χ1n) is 9.57. The molecule has 1 heterocycles. The fraction of sp³-hybridized carbons (Fsp3) is 0.348. The van der Waals surface area contributed by atoms with E-state index in [9.17, 15) is 4.79 Å². The SMILES string of the molecule is CC(C)Cn1cc(C(=O)Nc2ccc(CCN(C)C)cc2)c2ccccc21. The van der Waals surface area contributed by atoms with Crippen molar-refractivity contribution in [2.75, 3.05) is 26.0 Å². The third-order valence-electron chi connectivity index (χ3n) is 4.65. The number of likely N-dealkylation sites (N-methyl/N-ethyl adjacent to an activating group) is 1. The molecule has 0 spiro atoms. The molecule has 1 N–H and O–H groups in total. The lowest BCUT2D eigenvalue weighted by Gasteiger charge is -2.10. The number of amides is 1. The van der Waals surface area contributed by atoms with Crippen LogP contribution < -0.4 is 5.32 Å². The zero-order chi connectivity index (χ0) is 19.4. The van der Waals surface area contributed by atoms with Crippen LogP contribution in [0.25, 0.3) is 10.9 Å². The Morgan fingerprint density at radius 2 is 1.78 bits per heavy atom. The quantitative estimate of drug-likeness (QED) is 0.663. The Hall–Kier alpha value is -2.59. The fourth-order valence-corrected chi connectivity index (χ4v) is 3.28. The number of hydrogen-bond acceptors (Lipinski definition) is 2. The molecule has 3 rings (SSSR count). The maximum absolute atomic E-state index is 12.9. The van der Waals surface area contributed by atoms with E-state index in [0.29, 0.717) is 5.92 Å². The Bertz CT molecular complexity index is 907. The van der Waals surface area contributed by atoms with E-state index in [4.69, 9.17) is 0 Å². The summed E-state index contributed by atoms with van der Waals surface area (Å²) in [6.45, 7) is 6.29. The van der Waals surface area contributed by atoms with E-state index in [1.807, 2.05) is 36.5 Å². The molecule has 1 aromatic heterocycles. The van der Waals surface area contributed by atoms with Gasteiger partial charge in [0.2, 0.25) is 0 Å². The topological polar surface area (TPSA) is 37.3 Å². The van der Waals surface area contributed by atoms with E-state index in [1.54, 1.807) is 0 Å². The lowest BCUT2D eigenvalue weighted by atomic mass is 10.1. The molecule has 0 bridgehead atoms. The predicted octanol–water partition coefficient (Wildman–Crippen LogP) is 4.65. The van der Waals surface area contributed by atoms with Crippen LogP contribution in [0, 0.1) is 5.92 Å². The number of benzene rings is 2. The van der Waals surface area contributed by atoms with E-state index >= 15 is 0 Å². The number of nitrogens with zero attached hydrogens (tertiary/aromatic N) is 2. The predicted molar refractivity (Wildman–Crippen MR) is 113 cm³/mol. The highest BCUT2D eigenvalue weighted by molar-refractivity contribution is 6.13. The van der Waals surface area contributed by atoms with Crippen LogP contribution in [-0.2, 0) is 13.0 Å². The largest absolute Gasteiger partial charge is 0.346 e. The van der Waals surface area contributed by atoms with Gasteiger partial charge in [-0.25, -0.2) is 0 Å². The summed E-state index contributed by atoms with van der Waals surface area (Å²) in [6.07, 6.45) is 2.98. The van der Waals surface area contributed by atoms with Gasteiger partial charge >= 0.3 is 0 Å². The van der Waals surface area contributed by atoms with Crippen LogP contribution >= 0.6 is 0 Å². The first kappa shape index (κ1) is 19.2. The molecule has 3 aromatic rings. The Balaban J connectivity index is 1.78. The minimum atomic E-state index is -0.0604. The Kier molecular flexibility index (Phi) is 5.97. The fourth-order valence-electron chi connectivity index (χ4n) is 3.28. The molecule has 0 fully saturated rings. The normalized spacial score (nSPS) is 11.5. The summed E-state index contributed by atoms with van der Waals surface area (Å²) in [5.74, 6) is 0.459. The minimum absolute atomic E-state index is 0.0604. The monoisotopic (exact) mass is 363 g/mol. The van der Waals surface area contributed by atoms with Crippen molar-refractivity contribution in [1.29, 1.82) is 0 Å². The zero-order valence-corrected chi connectivity index (χ0v) is 16.7. The zero-order valence-electron chi connectivity index (χ0n) is 16.7. The molecule has 1 amide bonds. The molecule has 4 heteroatoms. The summed E-state index contributed by atoms with van der Waals surface area (Å²) < 4.78 is 2.18. The van der Waals surface area contributed by atoms with Gasteiger partial charge in [-0.3, -0.25) is 4.79 Å². The van der Waals surface area contributed by atoms with Crippen molar-refractivity contribution in [1.82, 2.24) is 9.47 Å². The third-order valence-corrected chi connectivity index (χ3v) is 4.65. The van der Waals surface area contributed by atoms with Crippen LogP contribution in [0.4, 0.5) is 5.69 Å². The van der Waals surface area contributed by atoms with Crippen molar-refractivity contribution in [2.45, 2.75) is 26.8 Å². The maximum Gasteiger partial charge on any atom is 0.257 e. The van der Waals surface area contributed by atoms with Gasteiger partial charge in [-0.1, -0.05) is 44.2 Å². The summed E-state index contributed by atoms with van der Waals surface area (Å²) in [5, 5.41) is 4.04. The average molecular weight is 364 g/mol. The molecule has 0 saturated carbocycles. The van der Waals surface area contributed by atoms with Crippen LogP contribution in [0.15, 0.2) is 54.7 Å². The van der Waals surface area contributed by atoms with E-state index in [2.05, 4.69) is 60.9 Å². The third kappa shape index (κ3) is 4.77. The lowest BCUT2D eigenvalue weighted by molar-refractivity contribution is 0.102. The molecule has 2 aromatic carbocycles. The van der Waals surface area contributed by atoms with Gasteiger partial charge in [-0.05, 0) is 50.2 Å². The second kappa shape index (κ2) is 8.40. The van der Waals surface area contributed by atoms with Crippen LogP contribution in [0.2, 0.25) is 0 Å². The molecule has 142 valence electrons. The van der Waals surface area contributed by atoms with Gasteiger partial charge in [-0.15, -0.1) is 0 Å². The molecular weight excluding hydrogens is 334 g/mol. The lowest BCUT2D eigenvalue weighted by Crippen LogP contribution is -2.15. The van der Waals surface area contributed by atoms with Crippen molar-refractivity contribution < 1.29 is 4.79 Å². The van der Waals surface area contributed by atoms with E-state index in [1.165, 1.54) is 5.56 Å². The molecular formula is C23H29N3O. The highest BCUT2D eigenvalue weighted by Crippen LogP contribution is 2.23. The summed E-state index contributed by atoms with van der Waals surface area (Å²) in [6, 6.07) is 16.2. The highest BCUT2D eigenvalue weighted by atomic mass is 16.1. The summed E-state index contributed by atoms with van der Waals surface area (Å²) in [5.41, 5.74) is 3.93. The molecule has 0 radical (unpaired) electrons. The van der Waals surface area contributed by atoms with Crippen molar-refractivity contribution >= 4 is 22.5 Å². The Labute approximate surface area is 161 Å². The molecule has 4 nitrogen and oxygen atoms in total. The van der Waals surface area contributed by atoms with E-state index in [-0.39, 0.29) is 5.91 Å². The summed E-state index contributed by atoms with van der Waals surface area (Å²) in [7, 11) is 4.15. The number of fused-ring (bicyclic) bond motifs is 1. The summed E-state index contributed by atoms with van der Waals surface area (Å²) in [4.78, 5) is 15.1. The Morgan fingerprint density at radius 1 is 1.07 bits per heavy atom. The number of hydrogen-bond donors (Lipinski definition) is 1. The van der Waals surface area contributed by atoms with Crippen LogP contribution in [0.5, 0.6) is 0 Å². The van der Waals surface area contributed by atoms with Gasteiger partial charge in [0.1, 0.15) is 0 Å². The van der Waals surface area contributed by atoms with Gasteiger partial charge in [0.15, 0.2) is 0 Å². The van der Waals surface area contributed by atoms with Crippen LogP contribution in [0.3, 0.4) is 0 Å². The second-order valence-corrected chi connectivity index (χ2v) is 7.81. The number of aromatic nitrogens is 1. The first-order chi connectivity index (χ1) is 12.9. The van der Waals surface area contributed by atoms with Gasteiger partial charge in [-0.2, -0.15) is 0 Å². The summed E-state index contributed by atoms with van der Waals surface area (Å²) >= 11 is 0. The molecule has 0 aliphatic rings. The van der Waals surface area contributed by atoms with Crippen molar-refractivity contribution in [3.05, 3.63) is 65.9 Å². The number of anilines is 1. The molecule has 0 aliphatic carbocycles. The maximum atomic E-state index is 12.9. The van der Waals surface area contributed by atoms with Gasteiger partial charge in [0.25, 0.3) is 5.91 Å². The van der Waals surface area contributed by atoms with Crippen LogP contribution in [0.1, 0.15) is 29.8 Å². The average Bonchev–Trinajstić information content (AvgIpc) is 2.99. The number of nitrogens with one attached hydrogen (secondary N) is 1. The minimum Gasteiger partial charge on any atom is -0.346 e. The number of para-hydroxylation sites is 1. The molecule has 0 unspecified atom stereocenters. The van der Waals surface area contributed by atoms with Gasteiger partial charge in [0.05, 0.1) is 5.56 Å². The number of carbonyl (C=O) groups is 1. The number of carbonyl (C=O) groups excluding carboxylic acids is 1. The van der Waals surface area contributed by atoms with Gasteiger partial charge in [0, 0.05) is 35.9 Å².